The molecule has 1 aliphatic heterocycles. The van der Waals surface area contributed by atoms with Crippen LogP contribution in [0.5, 0.6) is 0 Å². The third-order valence-corrected chi connectivity index (χ3v) is 3.73. The molecule has 0 aromatic carbocycles. The van der Waals surface area contributed by atoms with Crippen molar-refractivity contribution in [2.75, 3.05) is 6.54 Å². The van der Waals surface area contributed by atoms with Gasteiger partial charge in [0.05, 0.1) is 6.20 Å². The molecule has 1 saturated carbocycles. The number of hydrogen-bond donors (Lipinski definition) is 1. The molecule has 2 aliphatic rings. The molecule has 2 heterocycles. The maximum Gasteiger partial charge on any atom is 0.245 e. The Morgan fingerprint density at radius 1 is 1.35 bits per heavy atom. The van der Waals surface area contributed by atoms with Crippen LogP contribution >= 0.6 is 0 Å². The number of rotatable bonds is 3. The van der Waals surface area contributed by atoms with Gasteiger partial charge in [0, 0.05) is 25.7 Å². The molecule has 5 nitrogen and oxygen atoms in total. The van der Waals surface area contributed by atoms with E-state index in [0.29, 0.717) is 18.7 Å². The summed E-state index contributed by atoms with van der Waals surface area (Å²) in [6.45, 7) is 0.659. The van der Waals surface area contributed by atoms with Crippen LogP contribution in [-0.4, -0.2) is 34.3 Å². The molecule has 2 amide bonds. The minimum absolute atomic E-state index is 0.0670. The molecule has 6 heteroatoms. The predicted molar refractivity (Wildman–Crippen MR) is 68.9 cm³/mol. The fourth-order valence-electron chi connectivity index (χ4n) is 2.52. The van der Waals surface area contributed by atoms with E-state index in [-0.39, 0.29) is 24.2 Å². The van der Waals surface area contributed by atoms with Crippen molar-refractivity contribution in [3.05, 3.63) is 29.8 Å². The lowest BCUT2D eigenvalue weighted by Gasteiger charge is -2.24. The number of nitrogens with one attached hydrogen (secondary N) is 1. The summed E-state index contributed by atoms with van der Waals surface area (Å²) in [5, 5.41) is 2.80. The molecule has 1 N–H and O–H groups in total. The van der Waals surface area contributed by atoms with Crippen LogP contribution in [-0.2, 0) is 16.1 Å². The first-order chi connectivity index (χ1) is 9.63. The third kappa shape index (κ3) is 2.79. The van der Waals surface area contributed by atoms with Crippen molar-refractivity contribution in [1.29, 1.82) is 0 Å². The topological polar surface area (TPSA) is 62.3 Å². The normalized spacial score (nSPS) is 23.4. The van der Waals surface area contributed by atoms with E-state index in [2.05, 4.69) is 10.3 Å². The number of carbonyl (C=O) groups is 2. The van der Waals surface area contributed by atoms with Crippen LogP contribution in [0.4, 0.5) is 4.39 Å². The van der Waals surface area contributed by atoms with Crippen molar-refractivity contribution >= 4 is 11.8 Å². The largest absolute Gasteiger partial charge is 0.344 e. The molecule has 106 valence electrons. The standard InChI is InChI=1S/C14H16FN3O2/c15-11-5-9(6-16-7-11)8-18-4-3-12(19)17-13(14(18)20)10-1-2-10/h5-7,10,13H,1-4,8H2,(H,17,19). The van der Waals surface area contributed by atoms with Gasteiger partial charge in [-0.25, -0.2) is 4.39 Å². The Balaban J connectivity index is 1.76. The molecule has 2 fully saturated rings. The Hall–Kier alpha value is -1.98. The zero-order valence-corrected chi connectivity index (χ0v) is 11.0. The zero-order chi connectivity index (χ0) is 14.1. The number of amides is 2. The van der Waals surface area contributed by atoms with Crippen molar-refractivity contribution in [3.63, 3.8) is 0 Å². The Morgan fingerprint density at radius 3 is 2.85 bits per heavy atom. The van der Waals surface area contributed by atoms with Gasteiger partial charge in [-0.05, 0) is 30.4 Å². The molecule has 1 aromatic rings. The average molecular weight is 277 g/mol. The van der Waals surface area contributed by atoms with E-state index < -0.39 is 11.9 Å². The number of nitrogens with zero attached hydrogens (tertiary/aromatic N) is 2. The second-order valence-electron chi connectivity index (χ2n) is 5.40. The highest BCUT2D eigenvalue weighted by Crippen LogP contribution is 2.34. The molecule has 1 atom stereocenters. The molecule has 0 radical (unpaired) electrons. The predicted octanol–water partition coefficient (Wildman–Crippen LogP) is 0.848. The maximum atomic E-state index is 13.1. The lowest BCUT2D eigenvalue weighted by Crippen LogP contribution is -2.45. The molecule has 0 bridgehead atoms. The summed E-state index contributed by atoms with van der Waals surface area (Å²) in [6, 6.07) is 0.957. The first kappa shape index (κ1) is 13.0. The number of pyridine rings is 1. The Bertz CT molecular complexity index is 545. The van der Waals surface area contributed by atoms with Gasteiger partial charge >= 0.3 is 0 Å². The van der Waals surface area contributed by atoms with Crippen LogP contribution in [0.25, 0.3) is 0 Å². The lowest BCUT2D eigenvalue weighted by molar-refractivity contribution is -0.134. The quantitative estimate of drug-likeness (QED) is 0.891. The van der Waals surface area contributed by atoms with Crippen LogP contribution in [0.15, 0.2) is 18.5 Å². The van der Waals surface area contributed by atoms with E-state index in [1.165, 1.54) is 6.07 Å². The Labute approximate surface area is 116 Å². The first-order valence-corrected chi connectivity index (χ1v) is 6.81. The molecule has 0 spiro atoms. The van der Waals surface area contributed by atoms with Crippen LogP contribution < -0.4 is 5.32 Å². The summed E-state index contributed by atoms with van der Waals surface area (Å²) in [7, 11) is 0. The van der Waals surface area contributed by atoms with Crippen molar-refractivity contribution in [2.24, 2.45) is 5.92 Å². The Kier molecular flexibility index (Phi) is 3.38. The van der Waals surface area contributed by atoms with Gasteiger partial charge in [-0.1, -0.05) is 0 Å². The number of carbonyl (C=O) groups excluding carboxylic acids is 2. The number of halogens is 1. The summed E-state index contributed by atoms with van der Waals surface area (Å²) >= 11 is 0. The summed E-state index contributed by atoms with van der Waals surface area (Å²) in [5.41, 5.74) is 0.641. The summed E-state index contributed by atoms with van der Waals surface area (Å²) < 4.78 is 13.1. The minimum Gasteiger partial charge on any atom is -0.344 e. The van der Waals surface area contributed by atoms with Gasteiger partial charge in [0.25, 0.3) is 0 Å². The van der Waals surface area contributed by atoms with Gasteiger partial charge in [-0.3, -0.25) is 14.6 Å². The van der Waals surface area contributed by atoms with Gasteiger partial charge in [0.15, 0.2) is 0 Å². The minimum atomic E-state index is -0.419. The third-order valence-electron chi connectivity index (χ3n) is 3.73. The molecule has 1 aromatic heterocycles. The van der Waals surface area contributed by atoms with Crippen LogP contribution in [0, 0.1) is 11.7 Å². The van der Waals surface area contributed by atoms with Crippen molar-refractivity contribution < 1.29 is 14.0 Å². The van der Waals surface area contributed by atoms with Crippen molar-refractivity contribution in [2.45, 2.75) is 31.8 Å². The molecule has 1 saturated heterocycles. The van der Waals surface area contributed by atoms with Crippen LogP contribution in [0.2, 0.25) is 0 Å². The zero-order valence-electron chi connectivity index (χ0n) is 11.0. The maximum absolute atomic E-state index is 13.1. The highest BCUT2D eigenvalue weighted by Gasteiger charge is 2.40. The fraction of sp³-hybridized carbons (Fsp3) is 0.500. The second kappa shape index (κ2) is 5.19. The van der Waals surface area contributed by atoms with Crippen molar-refractivity contribution in [1.82, 2.24) is 15.2 Å². The molecule has 20 heavy (non-hydrogen) atoms. The summed E-state index contributed by atoms with van der Waals surface area (Å²) in [4.78, 5) is 29.5. The van der Waals surface area contributed by atoms with Gasteiger partial charge in [-0.2, -0.15) is 0 Å². The van der Waals surface area contributed by atoms with E-state index in [1.54, 1.807) is 11.1 Å². The second-order valence-corrected chi connectivity index (χ2v) is 5.40. The van der Waals surface area contributed by atoms with E-state index in [1.807, 2.05) is 0 Å². The SMILES string of the molecule is O=C1CCN(Cc2cncc(F)c2)C(=O)C(C2CC2)N1. The Morgan fingerprint density at radius 2 is 2.15 bits per heavy atom. The summed E-state index contributed by atoms with van der Waals surface area (Å²) in [6.07, 6.45) is 4.92. The first-order valence-electron chi connectivity index (χ1n) is 6.81. The van der Waals surface area contributed by atoms with Gasteiger partial charge in [-0.15, -0.1) is 0 Å². The van der Waals surface area contributed by atoms with E-state index in [4.69, 9.17) is 0 Å². The smallest absolute Gasteiger partial charge is 0.245 e. The van der Waals surface area contributed by atoms with Gasteiger partial charge in [0.1, 0.15) is 11.9 Å². The lowest BCUT2D eigenvalue weighted by atomic mass is 10.1. The van der Waals surface area contributed by atoms with E-state index in [9.17, 15) is 14.0 Å². The highest BCUT2D eigenvalue weighted by atomic mass is 19.1. The van der Waals surface area contributed by atoms with Gasteiger partial charge in [0.2, 0.25) is 11.8 Å². The van der Waals surface area contributed by atoms with Crippen LogP contribution in [0.1, 0.15) is 24.8 Å². The number of hydrogen-bond acceptors (Lipinski definition) is 3. The van der Waals surface area contributed by atoms with Crippen molar-refractivity contribution in [3.8, 4) is 0 Å². The molecular weight excluding hydrogens is 261 g/mol. The molecule has 1 aliphatic carbocycles. The highest BCUT2D eigenvalue weighted by molar-refractivity contribution is 5.90. The van der Waals surface area contributed by atoms with E-state index >= 15 is 0 Å². The fourth-order valence-corrected chi connectivity index (χ4v) is 2.52. The number of aromatic nitrogens is 1. The monoisotopic (exact) mass is 277 g/mol. The summed E-state index contributed by atoms with van der Waals surface area (Å²) in [5.74, 6) is -0.312. The van der Waals surface area contributed by atoms with Gasteiger partial charge < -0.3 is 10.2 Å². The molecule has 1 unspecified atom stereocenters. The van der Waals surface area contributed by atoms with E-state index in [0.717, 1.165) is 19.0 Å². The molecule has 3 rings (SSSR count). The molecular formula is C14H16FN3O2. The average Bonchev–Trinajstić information content (AvgIpc) is 3.24. The van der Waals surface area contributed by atoms with Crippen LogP contribution in [0.3, 0.4) is 0 Å².